The number of carboxylic acid groups (broad SMARTS) is 1. The van der Waals surface area contributed by atoms with Gasteiger partial charge in [-0.15, -0.1) is 11.3 Å². The van der Waals surface area contributed by atoms with Gasteiger partial charge < -0.3 is 25.7 Å². The lowest BCUT2D eigenvalue weighted by Crippen LogP contribution is -2.58. The maximum absolute atomic E-state index is 14.6. The Hall–Kier alpha value is -4.16. The van der Waals surface area contributed by atoms with Crippen molar-refractivity contribution in [2.24, 2.45) is 5.41 Å². The minimum Gasteiger partial charge on any atom is -0.478 e. The Bertz CT molecular complexity index is 1530. The van der Waals surface area contributed by atoms with Gasteiger partial charge in [-0.2, -0.15) is 0 Å². The van der Waals surface area contributed by atoms with Gasteiger partial charge in [-0.3, -0.25) is 14.4 Å². The number of aromatic nitrogens is 1. The van der Waals surface area contributed by atoms with E-state index < -0.39 is 64.7 Å². The van der Waals surface area contributed by atoms with Gasteiger partial charge >= 0.3 is 5.97 Å². The number of nitrogens with one attached hydrogen (secondary N) is 2. The molecule has 43 heavy (non-hydrogen) atoms. The number of aromatic carboxylic acids is 1. The SMILES string of the molecule is Cc1ncsc1-c1ccc(C(C)NC(=O)[C@@H]2C[C@@H](O)CN2C(=O)C(NC(=O)c2ccc(C(=O)O)cc2F)C(C)(C)C)cc1. The van der Waals surface area contributed by atoms with Crippen LogP contribution < -0.4 is 10.6 Å². The van der Waals surface area contributed by atoms with Crippen molar-refractivity contribution < 1.29 is 33.8 Å². The van der Waals surface area contributed by atoms with Crippen molar-refractivity contribution in [1.82, 2.24) is 20.5 Å². The zero-order chi connectivity index (χ0) is 31.6. The van der Waals surface area contributed by atoms with E-state index in [9.17, 15) is 28.7 Å². The molecule has 12 heteroatoms. The number of aryl methyl sites for hydroxylation is 1. The van der Waals surface area contributed by atoms with Crippen LogP contribution in [0.1, 0.15) is 72.1 Å². The number of β-amino-alcohol motifs (C(OH)–C–C–N with tert-alkyl or cyclic N) is 1. The highest BCUT2D eigenvalue weighted by molar-refractivity contribution is 7.13. The van der Waals surface area contributed by atoms with Crippen molar-refractivity contribution in [2.45, 2.75) is 65.3 Å². The third-order valence-corrected chi connectivity index (χ3v) is 8.47. The predicted octanol–water partition coefficient (Wildman–Crippen LogP) is 3.94. The van der Waals surface area contributed by atoms with E-state index >= 15 is 0 Å². The molecule has 1 aromatic heterocycles. The molecule has 1 aliphatic rings. The number of benzene rings is 2. The zero-order valence-corrected chi connectivity index (χ0v) is 25.4. The first-order chi connectivity index (χ1) is 20.2. The molecule has 3 aromatic rings. The molecule has 2 unspecified atom stereocenters. The fourth-order valence-electron chi connectivity index (χ4n) is 5.06. The van der Waals surface area contributed by atoms with Crippen LogP contribution in [-0.2, 0) is 9.59 Å². The Kier molecular flexibility index (Phi) is 9.31. The molecule has 4 atom stereocenters. The van der Waals surface area contributed by atoms with Gasteiger partial charge in [0.2, 0.25) is 11.8 Å². The van der Waals surface area contributed by atoms with Gasteiger partial charge in [0, 0.05) is 13.0 Å². The highest BCUT2D eigenvalue weighted by atomic mass is 32.1. The van der Waals surface area contributed by atoms with E-state index in [4.69, 9.17) is 5.11 Å². The number of carbonyl (C=O) groups excluding carboxylic acids is 3. The fourth-order valence-corrected chi connectivity index (χ4v) is 5.87. The second kappa shape index (κ2) is 12.6. The third kappa shape index (κ3) is 7.08. The van der Waals surface area contributed by atoms with Crippen LogP contribution in [0, 0.1) is 18.2 Å². The van der Waals surface area contributed by atoms with E-state index in [0.29, 0.717) is 0 Å². The molecule has 1 saturated heterocycles. The summed E-state index contributed by atoms with van der Waals surface area (Å²) in [6.45, 7) is 8.78. The molecule has 4 N–H and O–H groups in total. The number of thiazole rings is 1. The van der Waals surface area contributed by atoms with Crippen LogP contribution in [0.3, 0.4) is 0 Å². The molecular formula is C31H35FN4O6S. The molecule has 0 saturated carbocycles. The van der Waals surface area contributed by atoms with Gasteiger partial charge in [0.1, 0.15) is 17.9 Å². The summed E-state index contributed by atoms with van der Waals surface area (Å²) in [7, 11) is 0. The molecule has 10 nitrogen and oxygen atoms in total. The monoisotopic (exact) mass is 610 g/mol. The van der Waals surface area contributed by atoms with Crippen LogP contribution in [0.25, 0.3) is 10.4 Å². The summed E-state index contributed by atoms with van der Waals surface area (Å²) >= 11 is 1.55. The van der Waals surface area contributed by atoms with E-state index in [1.54, 1.807) is 37.6 Å². The molecule has 2 heterocycles. The molecule has 1 fully saturated rings. The average molecular weight is 611 g/mol. The molecule has 0 bridgehead atoms. The lowest BCUT2D eigenvalue weighted by Gasteiger charge is -2.35. The van der Waals surface area contributed by atoms with E-state index in [2.05, 4.69) is 15.6 Å². The summed E-state index contributed by atoms with van der Waals surface area (Å²) in [4.78, 5) is 58.0. The van der Waals surface area contributed by atoms with Crippen LogP contribution in [0.5, 0.6) is 0 Å². The fraction of sp³-hybridized carbons (Fsp3) is 0.387. The summed E-state index contributed by atoms with van der Waals surface area (Å²) < 4.78 is 14.6. The maximum atomic E-state index is 14.6. The number of carbonyl (C=O) groups is 4. The number of aliphatic hydroxyl groups is 1. The molecule has 2 aromatic carbocycles. The van der Waals surface area contributed by atoms with Gasteiger partial charge in [0.15, 0.2) is 0 Å². The Labute approximate surface area is 252 Å². The van der Waals surface area contributed by atoms with Crippen molar-refractivity contribution >= 4 is 35.0 Å². The Morgan fingerprint density at radius 1 is 1.09 bits per heavy atom. The highest BCUT2D eigenvalue weighted by Gasteiger charge is 2.45. The number of rotatable bonds is 8. The summed E-state index contributed by atoms with van der Waals surface area (Å²) in [5.41, 5.74) is 3.00. The Morgan fingerprint density at radius 2 is 1.77 bits per heavy atom. The van der Waals surface area contributed by atoms with Crippen LogP contribution in [0.2, 0.25) is 0 Å². The zero-order valence-electron chi connectivity index (χ0n) is 24.6. The number of hydrogen-bond acceptors (Lipinski definition) is 7. The number of amides is 3. The van der Waals surface area contributed by atoms with Gasteiger partial charge in [0.25, 0.3) is 5.91 Å². The molecule has 1 aliphatic heterocycles. The lowest BCUT2D eigenvalue weighted by molar-refractivity contribution is -0.142. The lowest BCUT2D eigenvalue weighted by atomic mass is 9.85. The standard InChI is InChI=1S/C31H35FN4O6S/c1-16(18-6-8-19(9-7-18)25-17(2)33-15-43-25)34-28(39)24-13-21(37)14-36(24)29(40)26(31(3,4)5)35-27(38)22-11-10-20(30(41)42)12-23(22)32/h6-12,15-16,21,24,26,37H,13-14H2,1-5H3,(H,34,39)(H,35,38)(H,41,42)/t16?,21-,24+,26?/m1/s1. The van der Waals surface area contributed by atoms with Crippen LogP contribution >= 0.6 is 11.3 Å². The largest absolute Gasteiger partial charge is 0.478 e. The Balaban J connectivity index is 1.49. The highest BCUT2D eigenvalue weighted by Crippen LogP contribution is 2.30. The van der Waals surface area contributed by atoms with Gasteiger partial charge in [0.05, 0.1) is 39.4 Å². The first-order valence-electron chi connectivity index (χ1n) is 13.8. The molecule has 0 aliphatic carbocycles. The van der Waals surface area contributed by atoms with Gasteiger partial charge in [-0.25, -0.2) is 14.2 Å². The van der Waals surface area contributed by atoms with Crippen LogP contribution in [0.4, 0.5) is 4.39 Å². The Morgan fingerprint density at radius 3 is 2.33 bits per heavy atom. The van der Waals surface area contributed by atoms with Crippen LogP contribution in [-0.4, -0.2) is 68.5 Å². The predicted molar refractivity (Wildman–Crippen MR) is 159 cm³/mol. The number of halogens is 1. The second-order valence-corrected chi connectivity index (χ2v) is 12.6. The van der Waals surface area contributed by atoms with Crippen molar-refractivity contribution in [3.63, 3.8) is 0 Å². The smallest absolute Gasteiger partial charge is 0.335 e. The van der Waals surface area contributed by atoms with Crippen molar-refractivity contribution in [3.8, 4) is 10.4 Å². The van der Waals surface area contributed by atoms with Crippen molar-refractivity contribution in [1.29, 1.82) is 0 Å². The quantitative estimate of drug-likeness (QED) is 0.302. The summed E-state index contributed by atoms with van der Waals surface area (Å²) in [5, 5.41) is 25.0. The molecule has 3 amide bonds. The first-order valence-corrected chi connectivity index (χ1v) is 14.7. The van der Waals surface area contributed by atoms with E-state index in [-0.39, 0.29) is 18.5 Å². The van der Waals surface area contributed by atoms with E-state index in [1.807, 2.05) is 38.1 Å². The summed E-state index contributed by atoms with van der Waals surface area (Å²) in [6, 6.07) is 8.06. The van der Waals surface area contributed by atoms with E-state index in [0.717, 1.165) is 39.9 Å². The maximum Gasteiger partial charge on any atom is 0.335 e. The topological polar surface area (TPSA) is 149 Å². The van der Waals surface area contributed by atoms with E-state index in [1.165, 1.54) is 4.90 Å². The first kappa shape index (κ1) is 31.8. The molecule has 4 rings (SSSR count). The number of likely N-dealkylation sites (tertiary alicyclic amines) is 1. The number of aliphatic hydroxyl groups excluding tert-OH is 1. The summed E-state index contributed by atoms with van der Waals surface area (Å²) in [6.07, 6.45) is -0.932. The number of carboxylic acids is 1. The number of hydrogen-bond donors (Lipinski definition) is 4. The van der Waals surface area contributed by atoms with Gasteiger partial charge in [-0.1, -0.05) is 45.0 Å². The minimum atomic E-state index is -1.34. The number of nitrogens with zero attached hydrogens (tertiary/aromatic N) is 2. The van der Waals surface area contributed by atoms with Crippen molar-refractivity contribution in [2.75, 3.05) is 6.54 Å². The third-order valence-electron chi connectivity index (χ3n) is 7.49. The van der Waals surface area contributed by atoms with Crippen LogP contribution in [0.15, 0.2) is 48.0 Å². The molecule has 228 valence electrons. The second-order valence-electron chi connectivity index (χ2n) is 11.8. The van der Waals surface area contributed by atoms with Gasteiger partial charge in [-0.05, 0) is 48.6 Å². The molecule has 0 spiro atoms. The molecule has 0 radical (unpaired) electrons. The molecular weight excluding hydrogens is 575 g/mol. The average Bonchev–Trinajstić information content (AvgIpc) is 3.55. The minimum absolute atomic E-state index is 0.0178. The normalized spacial score (nSPS) is 18.2. The van der Waals surface area contributed by atoms with Crippen molar-refractivity contribution in [3.05, 3.63) is 76.2 Å². The summed E-state index contributed by atoms with van der Waals surface area (Å²) in [5.74, 6) is -4.35.